The van der Waals surface area contributed by atoms with Gasteiger partial charge in [-0.1, -0.05) is 19.1 Å². The van der Waals surface area contributed by atoms with Crippen molar-refractivity contribution in [2.45, 2.75) is 24.7 Å². The molecule has 114 valence electrons. The summed E-state index contributed by atoms with van der Waals surface area (Å²) in [5.74, 6) is 1.14. The number of alkyl halides is 1. The van der Waals surface area contributed by atoms with Crippen molar-refractivity contribution in [2.24, 2.45) is 5.92 Å². The zero-order valence-corrected chi connectivity index (χ0v) is 13.8. The second kappa shape index (κ2) is 7.86. The molecule has 1 aromatic rings. The van der Waals surface area contributed by atoms with Crippen LogP contribution in [0.3, 0.4) is 0 Å². The number of nitrogens with one attached hydrogen (secondary N) is 1. The summed E-state index contributed by atoms with van der Waals surface area (Å²) in [4.78, 5) is 0.315. The Hall–Kier alpha value is -0.780. The topological polar surface area (TPSA) is 49.4 Å². The van der Waals surface area contributed by atoms with E-state index in [1.807, 2.05) is 6.07 Å². The van der Waals surface area contributed by atoms with Gasteiger partial charge in [-0.25, -0.2) is 12.7 Å². The quantitative estimate of drug-likeness (QED) is 0.592. The van der Waals surface area contributed by atoms with Crippen LogP contribution in [0, 0.1) is 5.92 Å². The number of anilines is 1. The molecule has 1 unspecified atom stereocenters. The summed E-state index contributed by atoms with van der Waals surface area (Å²) in [6.07, 6.45) is 1.99. The summed E-state index contributed by atoms with van der Waals surface area (Å²) >= 11 is 5.76. The van der Waals surface area contributed by atoms with Crippen molar-refractivity contribution in [2.75, 3.05) is 31.8 Å². The highest BCUT2D eigenvalue weighted by Gasteiger charge is 2.20. The van der Waals surface area contributed by atoms with Gasteiger partial charge in [-0.2, -0.15) is 0 Å². The Bertz CT molecular complexity index is 518. The van der Waals surface area contributed by atoms with Gasteiger partial charge in [-0.05, 0) is 30.9 Å². The third-order valence-corrected chi connectivity index (χ3v) is 5.50. The van der Waals surface area contributed by atoms with Crippen molar-refractivity contribution in [3.8, 4) is 0 Å². The van der Waals surface area contributed by atoms with Crippen LogP contribution in [0.5, 0.6) is 0 Å². The lowest BCUT2D eigenvalue weighted by Gasteiger charge is -2.16. The molecule has 0 aliphatic rings. The van der Waals surface area contributed by atoms with Gasteiger partial charge in [0.25, 0.3) is 0 Å². The first-order chi connectivity index (χ1) is 9.39. The molecule has 0 aliphatic carbocycles. The number of rotatable bonds is 8. The predicted octanol–water partition coefficient (Wildman–Crippen LogP) is 3.00. The Kier molecular flexibility index (Phi) is 6.79. The highest BCUT2D eigenvalue weighted by atomic mass is 35.5. The molecule has 0 aliphatic heterocycles. The summed E-state index contributed by atoms with van der Waals surface area (Å²) < 4.78 is 25.6. The SMILES string of the molecule is CC(CCl)CCCNc1ccccc1S(=O)(=O)N(C)C. The summed E-state index contributed by atoms with van der Waals surface area (Å²) in [7, 11) is -0.344. The average molecular weight is 319 g/mol. The molecule has 1 rings (SSSR count). The number of hydrogen-bond donors (Lipinski definition) is 1. The Labute approximate surface area is 127 Å². The first-order valence-electron chi connectivity index (χ1n) is 6.71. The van der Waals surface area contributed by atoms with Crippen LogP contribution in [0.2, 0.25) is 0 Å². The zero-order chi connectivity index (χ0) is 15.2. The third kappa shape index (κ3) is 4.65. The van der Waals surface area contributed by atoms with Crippen LogP contribution >= 0.6 is 11.6 Å². The monoisotopic (exact) mass is 318 g/mol. The maximum atomic E-state index is 12.2. The summed E-state index contributed by atoms with van der Waals surface area (Å²) in [6.45, 7) is 2.85. The summed E-state index contributed by atoms with van der Waals surface area (Å²) in [5, 5.41) is 3.20. The number of para-hydroxylation sites is 1. The Morgan fingerprint density at radius 2 is 1.95 bits per heavy atom. The van der Waals surface area contributed by atoms with Gasteiger partial charge >= 0.3 is 0 Å². The van der Waals surface area contributed by atoms with E-state index >= 15 is 0 Å². The highest BCUT2D eigenvalue weighted by Crippen LogP contribution is 2.23. The standard InChI is InChI=1S/C14H23ClN2O2S/c1-12(11-15)7-6-10-16-13-8-4-5-9-14(13)20(18,19)17(2)3/h4-5,8-9,12,16H,6-7,10-11H2,1-3H3. The third-order valence-electron chi connectivity index (χ3n) is 3.10. The van der Waals surface area contributed by atoms with Crippen LogP contribution in [0.15, 0.2) is 29.2 Å². The van der Waals surface area contributed by atoms with Crippen molar-refractivity contribution >= 4 is 27.3 Å². The molecule has 0 bridgehead atoms. The molecule has 0 saturated carbocycles. The average Bonchev–Trinajstić information content (AvgIpc) is 2.43. The van der Waals surface area contributed by atoms with E-state index in [4.69, 9.17) is 11.6 Å². The summed E-state index contributed by atoms with van der Waals surface area (Å²) in [5.41, 5.74) is 0.653. The molecule has 0 fully saturated rings. The second-order valence-corrected chi connectivity index (χ2v) is 7.54. The van der Waals surface area contributed by atoms with Crippen molar-refractivity contribution in [3.05, 3.63) is 24.3 Å². The van der Waals surface area contributed by atoms with Crippen molar-refractivity contribution in [1.82, 2.24) is 4.31 Å². The molecule has 20 heavy (non-hydrogen) atoms. The lowest BCUT2D eigenvalue weighted by Crippen LogP contribution is -2.23. The molecule has 0 radical (unpaired) electrons. The van der Waals surface area contributed by atoms with Gasteiger partial charge in [0.2, 0.25) is 10.0 Å². The minimum absolute atomic E-state index is 0.315. The van der Waals surface area contributed by atoms with Gasteiger partial charge in [0.15, 0.2) is 0 Å². The van der Waals surface area contributed by atoms with Crippen LogP contribution in [-0.2, 0) is 10.0 Å². The molecule has 1 atom stereocenters. The van der Waals surface area contributed by atoms with Crippen LogP contribution < -0.4 is 5.32 Å². The maximum absolute atomic E-state index is 12.2. The van der Waals surface area contributed by atoms with E-state index in [2.05, 4.69) is 12.2 Å². The van der Waals surface area contributed by atoms with E-state index < -0.39 is 10.0 Å². The summed E-state index contributed by atoms with van der Waals surface area (Å²) in [6, 6.07) is 6.98. The molecular weight excluding hydrogens is 296 g/mol. The van der Waals surface area contributed by atoms with E-state index in [1.165, 1.54) is 18.4 Å². The van der Waals surface area contributed by atoms with Crippen molar-refractivity contribution < 1.29 is 8.42 Å². The minimum Gasteiger partial charge on any atom is -0.384 e. The van der Waals surface area contributed by atoms with Gasteiger partial charge in [-0.3, -0.25) is 0 Å². The lowest BCUT2D eigenvalue weighted by molar-refractivity contribution is 0.521. The molecular formula is C14H23ClN2O2S. The largest absolute Gasteiger partial charge is 0.384 e. The van der Waals surface area contributed by atoms with Crippen LogP contribution in [0.1, 0.15) is 19.8 Å². The van der Waals surface area contributed by atoms with Crippen molar-refractivity contribution in [3.63, 3.8) is 0 Å². The second-order valence-electron chi connectivity index (χ2n) is 5.11. The minimum atomic E-state index is -3.42. The normalized spacial score (nSPS) is 13.4. The zero-order valence-electron chi connectivity index (χ0n) is 12.3. The van der Waals surface area contributed by atoms with Gasteiger partial charge in [-0.15, -0.1) is 11.6 Å². The molecule has 0 saturated heterocycles. The Morgan fingerprint density at radius 1 is 1.30 bits per heavy atom. The van der Waals surface area contributed by atoms with Crippen molar-refractivity contribution in [1.29, 1.82) is 0 Å². The highest BCUT2D eigenvalue weighted by molar-refractivity contribution is 7.89. The number of benzene rings is 1. The smallest absolute Gasteiger partial charge is 0.244 e. The van der Waals surface area contributed by atoms with Gasteiger partial charge in [0.1, 0.15) is 4.90 Å². The fourth-order valence-electron chi connectivity index (χ4n) is 1.79. The molecule has 1 N–H and O–H groups in total. The van der Waals surface area contributed by atoms with Gasteiger partial charge < -0.3 is 5.32 Å². The molecule has 4 nitrogen and oxygen atoms in total. The van der Waals surface area contributed by atoms with Crippen LogP contribution in [-0.4, -0.2) is 39.2 Å². The number of sulfonamides is 1. The fourth-order valence-corrected chi connectivity index (χ4v) is 3.00. The molecule has 1 aromatic carbocycles. The number of hydrogen-bond acceptors (Lipinski definition) is 3. The first-order valence-corrected chi connectivity index (χ1v) is 8.68. The fraction of sp³-hybridized carbons (Fsp3) is 0.571. The molecule has 0 spiro atoms. The molecule has 0 aromatic heterocycles. The van der Waals surface area contributed by atoms with E-state index in [0.717, 1.165) is 19.4 Å². The number of halogens is 1. The Morgan fingerprint density at radius 3 is 2.55 bits per heavy atom. The molecule has 0 heterocycles. The number of nitrogens with zero attached hydrogens (tertiary/aromatic N) is 1. The Balaban J connectivity index is 2.72. The van der Waals surface area contributed by atoms with Gasteiger partial charge in [0.05, 0.1) is 5.69 Å². The van der Waals surface area contributed by atoms with Crippen LogP contribution in [0.25, 0.3) is 0 Å². The molecule has 0 amide bonds. The van der Waals surface area contributed by atoms with E-state index in [1.54, 1.807) is 18.2 Å². The maximum Gasteiger partial charge on any atom is 0.244 e. The van der Waals surface area contributed by atoms with Crippen LogP contribution in [0.4, 0.5) is 5.69 Å². The first kappa shape index (κ1) is 17.3. The molecule has 6 heteroatoms. The predicted molar refractivity (Wildman–Crippen MR) is 84.9 cm³/mol. The van der Waals surface area contributed by atoms with E-state index in [-0.39, 0.29) is 0 Å². The van der Waals surface area contributed by atoms with Gasteiger partial charge in [0, 0.05) is 26.5 Å². The lowest BCUT2D eigenvalue weighted by atomic mass is 10.1. The van der Waals surface area contributed by atoms with E-state index in [9.17, 15) is 8.42 Å². The van der Waals surface area contributed by atoms with E-state index in [0.29, 0.717) is 22.4 Å².